The topological polar surface area (TPSA) is 78.5 Å². The molecular weight excluding hydrogens is 398 g/mol. The lowest BCUT2D eigenvalue weighted by molar-refractivity contribution is -0.134. The van der Waals surface area contributed by atoms with Gasteiger partial charge in [0.15, 0.2) is 0 Å². The van der Waals surface area contributed by atoms with Crippen LogP contribution in [0.25, 0.3) is 0 Å². The molecule has 1 saturated heterocycles. The molecule has 146 valence electrons. The van der Waals surface area contributed by atoms with Crippen LogP contribution in [0.3, 0.4) is 0 Å². The van der Waals surface area contributed by atoms with Crippen molar-refractivity contribution in [1.29, 1.82) is 0 Å². The maximum absolute atomic E-state index is 13.2. The highest BCUT2D eigenvalue weighted by molar-refractivity contribution is 7.10. The molecule has 2 aromatic rings. The molecule has 0 radical (unpaired) electrons. The monoisotopic (exact) mass is 417 g/mol. The number of carbonyl (C=O) groups is 3. The van der Waals surface area contributed by atoms with Gasteiger partial charge in [-0.3, -0.25) is 14.5 Å². The van der Waals surface area contributed by atoms with E-state index in [0.29, 0.717) is 17.1 Å². The predicted molar refractivity (Wildman–Crippen MR) is 109 cm³/mol. The molecule has 2 N–H and O–H groups in total. The number of nitrogens with zero attached hydrogens (tertiary/aromatic N) is 1. The van der Waals surface area contributed by atoms with Crippen LogP contribution in [0.15, 0.2) is 23.6 Å². The van der Waals surface area contributed by atoms with Crippen molar-refractivity contribution in [3.8, 4) is 0 Å². The third kappa shape index (κ3) is 2.99. The number of urea groups is 1. The number of amides is 4. The lowest BCUT2D eigenvalue weighted by atomic mass is 9.80. The van der Waals surface area contributed by atoms with Gasteiger partial charge in [-0.05, 0) is 61.7 Å². The van der Waals surface area contributed by atoms with Gasteiger partial charge in [0.2, 0.25) is 5.91 Å². The summed E-state index contributed by atoms with van der Waals surface area (Å²) in [4.78, 5) is 40.4. The average Bonchev–Trinajstić information content (AvgIpc) is 3.19. The Balaban J connectivity index is 1.55. The molecular formula is C20H20ClN3O3S. The summed E-state index contributed by atoms with van der Waals surface area (Å²) in [5, 5.41) is 7.95. The Morgan fingerprint density at radius 1 is 1.36 bits per heavy atom. The summed E-state index contributed by atoms with van der Waals surface area (Å²) in [6, 6.07) is 5.03. The van der Waals surface area contributed by atoms with Gasteiger partial charge in [0.1, 0.15) is 12.1 Å². The second kappa shape index (κ2) is 6.90. The molecule has 0 bridgehead atoms. The molecule has 0 saturated carbocycles. The lowest BCUT2D eigenvalue weighted by Crippen LogP contribution is -2.46. The van der Waals surface area contributed by atoms with Gasteiger partial charge in [0.05, 0.1) is 10.7 Å². The van der Waals surface area contributed by atoms with Crippen LogP contribution in [0.2, 0.25) is 5.02 Å². The molecule has 1 atom stereocenters. The van der Waals surface area contributed by atoms with E-state index in [1.165, 1.54) is 0 Å². The van der Waals surface area contributed by atoms with Crippen molar-refractivity contribution in [3.63, 3.8) is 0 Å². The van der Waals surface area contributed by atoms with Crippen LogP contribution in [0.4, 0.5) is 10.5 Å². The number of hydrogen-bond acceptors (Lipinski definition) is 4. The Morgan fingerprint density at radius 2 is 2.14 bits per heavy atom. The minimum Gasteiger partial charge on any atom is -0.323 e. The summed E-state index contributed by atoms with van der Waals surface area (Å²) < 4.78 is 0. The zero-order valence-corrected chi connectivity index (χ0v) is 17.2. The van der Waals surface area contributed by atoms with E-state index in [-0.39, 0.29) is 12.5 Å². The van der Waals surface area contributed by atoms with Crippen LogP contribution >= 0.6 is 22.9 Å². The average molecular weight is 418 g/mol. The Kier molecular flexibility index (Phi) is 4.67. The van der Waals surface area contributed by atoms with Gasteiger partial charge < -0.3 is 10.6 Å². The number of anilines is 1. The summed E-state index contributed by atoms with van der Waals surface area (Å²) in [6.07, 6.45) is 2.27. The van der Waals surface area contributed by atoms with Crippen LogP contribution in [0.5, 0.6) is 0 Å². The number of aryl methyl sites for hydroxylation is 3. The molecule has 1 fully saturated rings. The summed E-state index contributed by atoms with van der Waals surface area (Å²) in [5.74, 6) is -0.825. The van der Waals surface area contributed by atoms with E-state index >= 15 is 0 Å². The fourth-order valence-electron chi connectivity index (χ4n) is 4.08. The highest BCUT2D eigenvalue weighted by atomic mass is 35.5. The van der Waals surface area contributed by atoms with E-state index in [1.54, 1.807) is 17.4 Å². The molecule has 1 spiro atoms. The minimum absolute atomic E-state index is 0.352. The molecule has 6 nitrogen and oxygen atoms in total. The number of rotatable bonds is 3. The summed E-state index contributed by atoms with van der Waals surface area (Å²) >= 11 is 7.83. The van der Waals surface area contributed by atoms with Gasteiger partial charge in [-0.1, -0.05) is 17.7 Å². The molecule has 1 aromatic carbocycles. The molecule has 2 heterocycles. The first-order valence-corrected chi connectivity index (χ1v) is 10.3. The number of benzene rings is 1. The molecule has 0 unspecified atom stereocenters. The maximum atomic E-state index is 13.2. The summed E-state index contributed by atoms with van der Waals surface area (Å²) in [6.45, 7) is 3.41. The van der Waals surface area contributed by atoms with E-state index in [2.05, 4.69) is 10.6 Å². The van der Waals surface area contributed by atoms with E-state index in [1.807, 2.05) is 31.4 Å². The molecule has 1 aliphatic carbocycles. The van der Waals surface area contributed by atoms with Gasteiger partial charge in [-0.2, -0.15) is 0 Å². The van der Waals surface area contributed by atoms with Crippen molar-refractivity contribution in [2.75, 3.05) is 11.9 Å². The molecule has 1 aromatic heterocycles. The van der Waals surface area contributed by atoms with Crippen LogP contribution < -0.4 is 10.6 Å². The fraction of sp³-hybridized carbons (Fsp3) is 0.350. The van der Waals surface area contributed by atoms with E-state index < -0.39 is 17.5 Å². The Bertz CT molecular complexity index is 979. The first kappa shape index (κ1) is 19.0. The van der Waals surface area contributed by atoms with Crippen molar-refractivity contribution < 1.29 is 14.4 Å². The number of fused-ring (bicyclic) bond motifs is 2. The first-order chi connectivity index (χ1) is 13.3. The van der Waals surface area contributed by atoms with Gasteiger partial charge in [0, 0.05) is 10.4 Å². The maximum Gasteiger partial charge on any atom is 0.325 e. The zero-order chi connectivity index (χ0) is 20.1. The third-order valence-corrected chi connectivity index (χ3v) is 6.61. The minimum atomic E-state index is -1.04. The van der Waals surface area contributed by atoms with Crippen molar-refractivity contribution in [1.82, 2.24) is 10.2 Å². The van der Waals surface area contributed by atoms with E-state index in [4.69, 9.17) is 11.6 Å². The van der Waals surface area contributed by atoms with Crippen LogP contribution in [0.1, 0.15) is 34.4 Å². The van der Waals surface area contributed by atoms with Gasteiger partial charge in [0.25, 0.3) is 5.91 Å². The zero-order valence-electron chi connectivity index (χ0n) is 15.6. The number of halogens is 1. The lowest BCUT2D eigenvalue weighted by Gasteiger charge is -2.31. The van der Waals surface area contributed by atoms with Crippen molar-refractivity contribution >= 4 is 46.5 Å². The smallest absolute Gasteiger partial charge is 0.323 e. The second-order valence-electron chi connectivity index (χ2n) is 7.32. The number of thiophene rings is 1. The highest BCUT2D eigenvalue weighted by Crippen LogP contribution is 2.42. The number of imide groups is 1. The van der Waals surface area contributed by atoms with E-state index in [0.717, 1.165) is 39.3 Å². The Morgan fingerprint density at radius 3 is 2.89 bits per heavy atom. The number of carbonyl (C=O) groups excluding carboxylic acids is 3. The van der Waals surface area contributed by atoms with Crippen LogP contribution in [-0.2, 0) is 21.5 Å². The van der Waals surface area contributed by atoms with Crippen LogP contribution in [0, 0.1) is 13.8 Å². The Labute approximate surface area is 171 Å². The summed E-state index contributed by atoms with van der Waals surface area (Å²) in [5.41, 5.74) is 2.13. The van der Waals surface area contributed by atoms with E-state index in [9.17, 15) is 14.4 Å². The standard InChI is InChI=1S/C20H20ClN3O3S/c1-11-8-12(2)17(14(21)9-11)22-16(25)10-24-18(26)20(23-19(24)27)6-3-4-15-13(20)5-7-28-15/h5,7-9H,3-4,6,10H2,1-2H3,(H,22,25)(H,23,27)/t20-/m0/s1. The molecule has 8 heteroatoms. The Hall–Kier alpha value is -2.38. The summed E-state index contributed by atoms with van der Waals surface area (Å²) in [7, 11) is 0. The molecule has 1 aliphatic heterocycles. The largest absolute Gasteiger partial charge is 0.325 e. The molecule has 2 aliphatic rings. The quantitative estimate of drug-likeness (QED) is 0.746. The SMILES string of the molecule is Cc1cc(C)c(NC(=O)CN2C(=O)N[C@]3(CCCc4sccc43)C2=O)c(Cl)c1. The third-order valence-electron chi connectivity index (χ3n) is 5.33. The fourth-order valence-corrected chi connectivity index (χ4v) is 5.45. The normalized spacial score (nSPS) is 21.0. The van der Waals surface area contributed by atoms with Gasteiger partial charge in [-0.15, -0.1) is 11.3 Å². The van der Waals surface area contributed by atoms with Crippen molar-refractivity contribution in [2.45, 2.75) is 38.6 Å². The van der Waals surface area contributed by atoms with Crippen molar-refractivity contribution in [3.05, 3.63) is 50.2 Å². The predicted octanol–water partition coefficient (Wildman–Crippen LogP) is 3.74. The number of hydrogen-bond donors (Lipinski definition) is 2. The molecule has 4 amide bonds. The second-order valence-corrected chi connectivity index (χ2v) is 8.73. The van der Waals surface area contributed by atoms with Crippen LogP contribution in [-0.4, -0.2) is 29.3 Å². The first-order valence-electron chi connectivity index (χ1n) is 9.09. The van der Waals surface area contributed by atoms with Gasteiger partial charge in [-0.25, -0.2) is 4.79 Å². The molecule has 28 heavy (non-hydrogen) atoms. The molecule has 4 rings (SSSR count). The van der Waals surface area contributed by atoms with Crippen molar-refractivity contribution in [2.24, 2.45) is 0 Å². The van der Waals surface area contributed by atoms with Gasteiger partial charge >= 0.3 is 6.03 Å². The highest BCUT2D eigenvalue weighted by Gasteiger charge is 2.54. The number of nitrogens with one attached hydrogen (secondary N) is 2.